The summed E-state index contributed by atoms with van der Waals surface area (Å²) in [6.45, 7) is 0.988. The zero-order valence-corrected chi connectivity index (χ0v) is 7.72. The number of rotatable bonds is 1. The minimum Gasteiger partial charge on any atom is -0.205 e. The molecule has 0 aromatic heterocycles. The lowest BCUT2D eigenvalue weighted by molar-refractivity contribution is 0.355. The molecule has 0 atom stereocenters. The molecule has 14 heavy (non-hydrogen) atoms. The predicted octanol–water partition coefficient (Wildman–Crippen LogP) is 4.79. The van der Waals surface area contributed by atoms with E-state index in [2.05, 4.69) is 0 Å². The second kappa shape index (κ2) is 2.21. The Labute approximate surface area is 76.3 Å². The van der Waals surface area contributed by atoms with Gasteiger partial charge in [-0.05, 0) is 18.6 Å². The monoisotopic (exact) mass is 236 g/mol. The van der Waals surface area contributed by atoms with Gasteiger partial charge in [0, 0.05) is 0 Å². The molecule has 7 heteroatoms. The Balaban J connectivity index is 3.59. The topological polar surface area (TPSA) is 0 Å². The maximum absolute atomic E-state index is 12.8. The van der Waals surface area contributed by atoms with Crippen LogP contribution in [0.2, 0.25) is 0 Å². The molecule has 0 fully saturated rings. The fraction of sp³-hybridized carbons (Fsp3) is 0.143. The average Bonchev–Trinajstić information content (AvgIpc) is 1.89. The minimum atomic E-state index is -9.89. The van der Waals surface area contributed by atoms with Crippen molar-refractivity contribution in [1.29, 1.82) is 0 Å². The van der Waals surface area contributed by atoms with E-state index in [4.69, 9.17) is 0 Å². The van der Waals surface area contributed by atoms with Crippen molar-refractivity contribution in [3.05, 3.63) is 29.6 Å². The van der Waals surface area contributed by atoms with Gasteiger partial charge >= 0.3 is 10.2 Å². The van der Waals surface area contributed by atoms with Gasteiger partial charge in [0.1, 0.15) is 10.7 Å². The van der Waals surface area contributed by atoms with Crippen LogP contribution in [0.1, 0.15) is 5.56 Å². The first-order valence-corrected chi connectivity index (χ1v) is 5.36. The minimum absolute atomic E-state index is 0.0455. The van der Waals surface area contributed by atoms with Crippen molar-refractivity contribution in [2.45, 2.75) is 11.8 Å². The highest BCUT2D eigenvalue weighted by Crippen LogP contribution is 3.02. The second-order valence-electron chi connectivity index (χ2n) is 2.86. The third kappa shape index (κ3) is 2.14. The molecular formula is C7H6F6S. The lowest BCUT2D eigenvalue weighted by Crippen LogP contribution is -2.09. The van der Waals surface area contributed by atoms with Crippen LogP contribution >= 0.6 is 10.2 Å². The molecule has 0 aliphatic carbocycles. The van der Waals surface area contributed by atoms with Gasteiger partial charge in [0.2, 0.25) is 0 Å². The highest BCUT2D eigenvalue weighted by molar-refractivity contribution is 8.45. The van der Waals surface area contributed by atoms with E-state index in [1.807, 2.05) is 0 Å². The maximum atomic E-state index is 12.8. The van der Waals surface area contributed by atoms with Crippen LogP contribution < -0.4 is 0 Å². The fourth-order valence-corrected chi connectivity index (χ4v) is 1.75. The van der Waals surface area contributed by atoms with Crippen LogP contribution in [0, 0.1) is 12.7 Å². The highest BCUT2D eigenvalue weighted by Gasteiger charge is 2.67. The van der Waals surface area contributed by atoms with E-state index in [0.717, 1.165) is 19.1 Å². The van der Waals surface area contributed by atoms with E-state index in [1.54, 1.807) is 0 Å². The SMILES string of the molecule is Cc1cccc(S(F)(F)(F)(F)F)c1F. The number of aryl methyl sites for hydroxylation is 1. The molecule has 0 aliphatic heterocycles. The summed E-state index contributed by atoms with van der Waals surface area (Å²) < 4.78 is 73.6. The molecule has 1 aromatic carbocycles. The van der Waals surface area contributed by atoms with Gasteiger partial charge in [-0.1, -0.05) is 31.6 Å². The van der Waals surface area contributed by atoms with Crippen LogP contribution in [0.15, 0.2) is 23.1 Å². The van der Waals surface area contributed by atoms with Crippen LogP contribution in [0.25, 0.3) is 0 Å². The van der Waals surface area contributed by atoms with Gasteiger partial charge in [-0.25, -0.2) is 4.39 Å². The van der Waals surface area contributed by atoms with E-state index in [1.165, 1.54) is 0 Å². The van der Waals surface area contributed by atoms with Gasteiger partial charge in [-0.15, -0.1) is 0 Å². The van der Waals surface area contributed by atoms with E-state index in [0.29, 0.717) is 0 Å². The summed E-state index contributed by atoms with van der Waals surface area (Å²) in [6, 6.07) is 1.78. The number of hydrogen-bond donors (Lipinski definition) is 0. The van der Waals surface area contributed by atoms with E-state index in [9.17, 15) is 23.8 Å². The van der Waals surface area contributed by atoms with Gasteiger partial charge in [-0.2, -0.15) is 0 Å². The molecule has 1 aromatic rings. The molecule has 0 bridgehead atoms. The van der Waals surface area contributed by atoms with Crippen molar-refractivity contribution in [3.63, 3.8) is 0 Å². The van der Waals surface area contributed by atoms with Crippen molar-refractivity contribution in [2.24, 2.45) is 0 Å². The molecule has 0 saturated carbocycles. The van der Waals surface area contributed by atoms with Gasteiger partial charge in [0.15, 0.2) is 0 Å². The molecule has 0 heterocycles. The molecule has 0 nitrogen and oxygen atoms in total. The van der Waals surface area contributed by atoms with Crippen molar-refractivity contribution < 1.29 is 23.8 Å². The average molecular weight is 236 g/mol. The zero-order chi connectivity index (χ0) is 11.3. The Morgan fingerprint density at radius 1 is 1.00 bits per heavy atom. The number of benzene rings is 1. The van der Waals surface area contributed by atoms with Crippen molar-refractivity contribution >= 4 is 10.2 Å². The summed E-state index contributed by atoms with van der Waals surface area (Å²) in [5.41, 5.74) is -0.462. The lowest BCUT2D eigenvalue weighted by atomic mass is 10.2. The summed E-state index contributed by atoms with van der Waals surface area (Å²) >= 11 is 0. The molecule has 0 unspecified atom stereocenters. The normalized spacial score (nSPS) is 17.4. The largest absolute Gasteiger partial charge is 0.313 e. The molecule has 1 rings (SSSR count). The summed E-state index contributed by atoms with van der Waals surface area (Å²) in [5.74, 6) is -1.91. The predicted molar refractivity (Wildman–Crippen MR) is 42.5 cm³/mol. The Bertz CT molecular complexity index is 378. The molecule has 0 N–H and O–H groups in total. The van der Waals surface area contributed by atoms with E-state index in [-0.39, 0.29) is 6.07 Å². The fourth-order valence-electron chi connectivity index (χ4n) is 0.918. The standard InChI is InChI=1S/C7H6F6S/c1-5-3-2-4-6(7(5)8)14(9,10,11,12)13/h2-4H,1H3. The molecule has 0 amide bonds. The molecule has 0 spiro atoms. The van der Waals surface area contributed by atoms with Gasteiger partial charge in [-0.3, -0.25) is 0 Å². The first-order chi connectivity index (χ1) is 5.91. The number of halogens is 6. The summed E-state index contributed by atoms with van der Waals surface area (Å²) in [4.78, 5) is -2.45. The van der Waals surface area contributed by atoms with Crippen molar-refractivity contribution in [2.75, 3.05) is 0 Å². The van der Waals surface area contributed by atoms with Crippen molar-refractivity contribution in [3.8, 4) is 0 Å². The lowest BCUT2D eigenvalue weighted by Gasteiger charge is -2.40. The quantitative estimate of drug-likeness (QED) is 0.615. The van der Waals surface area contributed by atoms with Crippen LogP contribution in [-0.4, -0.2) is 0 Å². The first kappa shape index (κ1) is 11.2. The van der Waals surface area contributed by atoms with E-state index >= 15 is 0 Å². The third-order valence-corrected chi connectivity index (χ3v) is 2.72. The highest BCUT2D eigenvalue weighted by atomic mass is 32.5. The Morgan fingerprint density at radius 3 is 1.86 bits per heavy atom. The number of hydrogen-bond acceptors (Lipinski definition) is 0. The van der Waals surface area contributed by atoms with Gasteiger partial charge in [0.05, 0.1) is 0 Å². The molecule has 0 saturated heterocycles. The summed E-state index contributed by atoms with van der Waals surface area (Å²) in [6.07, 6.45) is 0. The van der Waals surface area contributed by atoms with Crippen LogP contribution in [0.5, 0.6) is 0 Å². The molecule has 82 valence electrons. The first-order valence-electron chi connectivity index (χ1n) is 3.41. The Kier molecular flexibility index (Phi) is 1.77. The van der Waals surface area contributed by atoms with E-state index < -0.39 is 26.5 Å². The van der Waals surface area contributed by atoms with Gasteiger partial charge in [0.25, 0.3) is 0 Å². The van der Waals surface area contributed by atoms with Crippen LogP contribution in [-0.2, 0) is 0 Å². The third-order valence-electron chi connectivity index (χ3n) is 1.57. The van der Waals surface area contributed by atoms with Crippen molar-refractivity contribution in [1.82, 2.24) is 0 Å². The summed E-state index contributed by atoms with van der Waals surface area (Å²) in [7, 11) is -9.89. The van der Waals surface area contributed by atoms with Crippen LogP contribution in [0.4, 0.5) is 23.8 Å². The molecule has 0 radical (unpaired) electrons. The summed E-state index contributed by atoms with van der Waals surface area (Å²) in [5, 5.41) is 0. The molecule has 0 aliphatic rings. The maximum Gasteiger partial charge on any atom is 0.313 e. The Hall–Kier alpha value is -0.850. The Morgan fingerprint density at radius 2 is 1.50 bits per heavy atom. The van der Waals surface area contributed by atoms with Crippen LogP contribution in [0.3, 0.4) is 0 Å². The van der Waals surface area contributed by atoms with Gasteiger partial charge < -0.3 is 0 Å². The second-order valence-corrected chi connectivity index (χ2v) is 5.23. The smallest absolute Gasteiger partial charge is 0.205 e. The zero-order valence-electron chi connectivity index (χ0n) is 6.91. The molecular weight excluding hydrogens is 230 g/mol.